The Morgan fingerprint density at radius 1 is 1.50 bits per heavy atom. The maximum absolute atomic E-state index is 10.9. The van der Waals surface area contributed by atoms with Gasteiger partial charge in [-0.15, -0.1) is 0 Å². The lowest BCUT2D eigenvalue weighted by molar-refractivity contribution is 0.0696. The third kappa shape index (κ3) is 3.81. The first-order valence-electron chi connectivity index (χ1n) is 7.14. The summed E-state index contributed by atoms with van der Waals surface area (Å²) < 4.78 is 5.25. The molecule has 1 aromatic rings. The van der Waals surface area contributed by atoms with Gasteiger partial charge in [0.15, 0.2) is 0 Å². The summed E-state index contributed by atoms with van der Waals surface area (Å²) in [6, 6.07) is 5.40. The fourth-order valence-electron chi connectivity index (χ4n) is 2.91. The molecule has 0 radical (unpaired) electrons. The number of carbonyl (C=O) groups is 1. The zero-order valence-electron chi connectivity index (χ0n) is 12.3. The number of methoxy groups -OCH3 is 1. The van der Waals surface area contributed by atoms with Gasteiger partial charge in [0.2, 0.25) is 0 Å². The van der Waals surface area contributed by atoms with Crippen molar-refractivity contribution in [1.29, 1.82) is 0 Å². The molecule has 0 amide bonds. The van der Waals surface area contributed by atoms with Crippen molar-refractivity contribution >= 4 is 5.97 Å². The van der Waals surface area contributed by atoms with E-state index in [4.69, 9.17) is 9.84 Å². The van der Waals surface area contributed by atoms with E-state index in [2.05, 4.69) is 4.90 Å². The van der Waals surface area contributed by atoms with Crippen molar-refractivity contribution in [2.45, 2.75) is 26.3 Å². The van der Waals surface area contributed by atoms with Gasteiger partial charge in [-0.05, 0) is 55.5 Å². The predicted molar refractivity (Wildman–Crippen MR) is 78.0 cm³/mol. The summed E-state index contributed by atoms with van der Waals surface area (Å²) in [6.07, 6.45) is 2.45. The molecule has 20 heavy (non-hydrogen) atoms. The Labute approximate surface area is 120 Å². The second-order valence-corrected chi connectivity index (χ2v) is 5.65. The predicted octanol–water partition coefficient (Wildman–Crippen LogP) is 2.55. The molecule has 4 heteroatoms. The molecular weight excluding hydrogens is 254 g/mol. The summed E-state index contributed by atoms with van der Waals surface area (Å²) in [6.45, 7) is 5.88. The van der Waals surface area contributed by atoms with Crippen LogP contribution in [0.4, 0.5) is 0 Å². The number of carboxylic acids is 1. The van der Waals surface area contributed by atoms with Crippen molar-refractivity contribution in [3.05, 3.63) is 34.9 Å². The number of rotatable bonds is 5. The van der Waals surface area contributed by atoms with Gasteiger partial charge in [-0.3, -0.25) is 4.90 Å². The van der Waals surface area contributed by atoms with Crippen molar-refractivity contribution in [1.82, 2.24) is 4.90 Å². The summed E-state index contributed by atoms with van der Waals surface area (Å²) in [4.78, 5) is 13.4. The zero-order valence-corrected chi connectivity index (χ0v) is 12.3. The highest BCUT2D eigenvalue weighted by Gasteiger charge is 2.20. The van der Waals surface area contributed by atoms with Gasteiger partial charge < -0.3 is 9.84 Å². The molecule has 0 aliphatic carbocycles. The number of ether oxygens (including phenoxy) is 1. The molecule has 110 valence electrons. The summed E-state index contributed by atoms with van der Waals surface area (Å²) in [5, 5.41) is 8.99. The highest BCUT2D eigenvalue weighted by Crippen LogP contribution is 2.20. The lowest BCUT2D eigenvalue weighted by Gasteiger charge is -2.32. The van der Waals surface area contributed by atoms with Crippen molar-refractivity contribution < 1.29 is 14.6 Å². The first kappa shape index (κ1) is 15.0. The first-order chi connectivity index (χ1) is 9.60. The number of aromatic carboxylic acids is 1. The van der Waals surface area contributed by atoms with Crippen molar-refractivity contribution in [2.75, 3.05) is 26.8 Å². The number of nitrogens with zero attached hydrogens (tertiary/aromatic N) is 1. The molecule has 2 rings (SSSR count). The van der Waals surface area contributed by atoms with Crippen LogP contribution in [0, 0.1) is 12.8 Å². The van der Waals surface area contributed by atoms with Crippen LogP contribution in [-0.2, 0) is 11.3 Å². The molecule has 1 aliphatic heterocycles. The second kappa shape index (κ2) is 6.86. The van der Waals surface area contributed by atoms with Crippen molar-refractivity contribution in [2.24, 2.45) is 5.92 Å². The van der Waals surface area contributed by atoms with Gasteiger partial charge in [0.25, 0.3) is 0 Å². The van der Waals surface area contributed by atoms with E-state index in [-0.39, 0.29) is 0 Å². The van der Waals surface area contributed by atoms with Crippen LogP contribution in [0.15, 0.2) is 18.2 Å². The van der Waals surface area contributed by atoms with Gasteiger partial charge in [-0.25, -0.2) is 4.79 Å². The molecule has 1 N–H and O–H groups in total. The standard InChI is InChI=1S/C16H23NO3/c1-12-8-14(16(18)19)5-6-15(12)10-17-7-3-4-13(9-17)11-20-2/h5-6,8,13H,3-4,7,9-11H2,1-2H3,(H,18,19). The van der Waals surface area contributed by atoms with Gasteiger partial charge in [-0.1, -0.05) is 6.07 Å². The summed E-state index contributed by atoms with van der Waals surface area (Å²) >= 11 is 0. The van der Waals surface area contributed by atoms with E-state index in [1.807, 2.05) is 13.0 Å². The van der Waals surface area contributed by atoms with Crippen molar-refractivity contribution in [3.8, 4) is 0 Å². The van der Waals surface area contributed by atoms with E-state index in [9.17, 15) is 4.79 Å². The molecule has 1 fully saturated rings. The van der Waals surface area contributed by atoms with E-state index in [1.165, 1.54) is 18.4 Å². The molecule has 1 heterocycles. The van der Waals surface area contributed by atoms with Gasteiger partial charge in [-0.2, -0.15) is 0 Å². The molecule has 1 aromatic carbocycles. The van der Waals surface area contributed by atoms with Crippen LogP contribution >= 0.6 is 0 Å². The Morgan fingerprint density at radius 3 is 2.95 bits per heavy atom. The number of hydrogen-bond acceptors (Lipinski definition) is 3. The largest absolute Gasteiger partial charge is 0.478 e. The monoisotopic (exact) mass is 277 g/mol. The first-order valence-corrected chi connectivity index (χ1v) is 7.14. The van der Waals surface area contributed by atoms with E-state index < -0.39 is 5.97 Å². The molecule has 4 nitrogen and oxygen atoms in total. The topological polar surface area (TPSA) is 49.8 Å². The third-order valence-electron chi connectivity index (χ3n) is 3.99. The Bertz CT molecular complexity index is 471. The summed E-state index contributed by atoms with van der Waals surface area (Å²) in [5.74, 6) is -0.245. The minimum absolute atomic E-state index is 0.363. The minimum atomic E-state index is -0.863. The SMILES string of the molecule is COCC1CCCN(Cc2ccc(C(=O)O)cc2C)C1. The quantitative estimate of drug-likeness (QED) is 0.898. The van der Waals surface area contributed by atoms with E-state index in [0.29, 0.717) is 11.5 Å². The second-order valence-electron chi connectivity index (χ2n) is 5.65. The summed E-state index contributed by atoms with van der Waals surface area (Å²) in [5.41, 5.74) is 2.63. The van der Waals surface area contributed by atoms with Crippen LogP contribution in [-0.4, -0.2) is 42.8 Å². The van der Waals surface area contributed by atoms with Crippen LogP contribution in [0.25, 0.3) is 0 Å². The van der Waals surface area contributed by atoms with Crippen molar-refractivity contribution in [3.63, 3.8) is 0 Å². The van der Waals surface area contributed by atoms with Gasteiger partial charge in [0.05, 0.1) is 12.2 Å². The lowest BCUT2D eigenvalue weighted by Crippen LogP contribution is -2.36. The maximum Gasteiger partial charge on any atom is 0.335 e. The average molecular weight is 277 g/mol. The number of likely N-dealkylation sites (tertiary alicyclic amines) is 1. The van der Waals surface area contributed by atoms with Crippen LogP contribution < -0.4 is 0 Å². The number of hydrogen-bond donors (Lipinski definition) is 1. The fraction of sp³-hybridized carbons (Fsp3) is 0.562. The molecule has 0 aromatic heterocycles. The van der Waals surface area contributed by atoms with Gasteiger partial charge in [0.1, 0.15) is 0 Å². The molecule has 1 aliphatic rings. The van der Waals surface area contributed by atoms with Crippen LogP contribution in [0.1, 0.15) is 34.3 Å². The normalized spacial score (nSPS) is 20.0. The van der Waals surface area contributed by atoms with Gasteiger partial charge in [0, 0.05) is 20.2 Å². The molecule has 0 saturated carbocycles. The molecule has 1 saturated heterocycles. The smallest absolute Gasteiger partial charge is 0.335 e. The average Bonchev–Trinajstić information content (AvgIpc) is 2.42. The van der Waals surface area contributed by atoms with Crippen LogP contribution in [0.5, 0.6) is 0 Å². The highest BCUT2D eigenvalue weighted by atomic mass is 16.5. The highest BCUT2D eigenvalue weighted by molar-refractivity contribution is 5.87. The number of aryl methyl sites for hydroxylation is 1. The lowest BCUT2D eigenvalue weighted by atomic mass is 9.97. The van der Waals surface area contributed by atoms with E-state index in [0.717, 1.165) is 31.8 Å². The molecular formula is C16H23NO3. The zero-order chi connectivity index (χ0) is 14.5. The molecule has 0 bridgehead atoms. The van der Waals surface area contributed by atoms with E-state index in [1.54, 1.807) is 19.2 Å². The Morgan fingerprint density at radius 2 is 2.30 bits per heavy atom. The van der Waals surface area contributed by atoms with E-state index >= 15 is 0 Å². The van der Waals surface area contributed by atoms with Crippen LogP contribution in [0.3, 0.4) is 0 Å². The molecule has 0 spiro atoms. The Hall–Kier alpha value is -1.39. The number of benzene rings is 1. The fourth-order valence-corrected chi connectivity index (χ4v) is 2.91. The Kier molecular flexibility index (Phi) is 5.15. The van der Waals surface area contributed by atoms with Gasteiger partial charge >= 0.3 is 5.97 Å². The minimum Gasteiger partial charge on any atom is -0.478 e. The number of piperidine rings is 1. The van der Waals surface area contributed by atoms with Crippen LogP contribution in [0.2, 0.25) is 0 Å². The third-order valence-corrected chi connectivity index (χ3v) is 3.99. The molecule has 1 unspecified atom stereocenters. The maximum atomic E-state index is 10.9. The molecule has 1 atom stereocenters. The number of carboxylic acid groups (broad SMARTS) is 1. The summed E-state index contributed by atoms with van der Waals surface area (Å²) in [7, 11) is 1.76. The Balaban J connectivity index is 2.00.